The van der Waals surface area contributed by atoms with Gasteiger partial charge in [0.25, 0.3) is 0 Å². The van der Waals surface area contributed by atoms with Crippen molar-refractivity contribution < 1.29 is 23.9 Å². The highest BCUT2D eigenvalue weighted by atomic mass is 35.5. The molecule has 1 fully saturated rings. The Morgan fingerprint density at radius 1 is 1.07 bits per heavy atom. The minimum atomic E-state index is -0.860. The second-order valence-corrected chi connectivity index (χ2v) is 11.7. The number of anilines is 1. The number of amides is 3. The van der Waals surface area contributed by atoms with Gasteiger partial charge in [0.1, 0.15) is 12.6 Å². The van der Waals surface area contributed by atoms with Gasteiger partial charge in [-0.15, -0.1) is 0 Å². The topological polar surface area (TPSA) is 114 Å². The van der Waals surface area contributed by atoms with E-state index < -0.39 is 23.3 Å². The van der Waals surface area contributed by atoms with Crippen LogP contribution in [0.5, 0.6) is 0 Å². The molecular formula is C31H38ClN3O5. The molecule has 0 spiro atoms. The fourth-order valence-electron chi connectivity index (χ4n) is 5.70. The maximum absolute atomic E-state index is 13.8. The third-order valence-corrected chi connectivity index (χ3v) is 8.04. The molecule has 1 unspecified atom stereocenters. The molecule has 0 radical (unpaired) electrons. The van der Waals surface area contributed by atoms with Crippen LogP contribution in [-0.2, 0) is 36.9 Å². The van der Waals surface area contributed by atoms with Crippen molar-refractivity contribution in [2.75, 3.05) is 5.32 Å². The standard InChI is InChI=1S/C31H38ClN3O5/c1-20(2)33-27(36)17-23(29(38)40-19-21-9-12-24(32)13-10-21)18-31(15-5-6-16-31)30(39)35-26-14-11-22-7-3-4-8-25(22)34-28(26)37/h3-4,7-10,12-13,20,23,26H,5-6,11,14-19H2,1-2H3,(H,33,36)(H,34,37)(H,35,39)/t23?,26-/m0/s1. The van der Waals surface area contributed by atoms with Crippen LogP contribution in [0.3, 0.4) is 0 Å². The summed E-state index contributed by atoms with van der Waals surface area (Å²) in [5.74, 6) is -2.08. The Kier molecular flexibility index (Phi) is 9.85. The number of esters is 1. The summed E-state index contributed by atoms with van der Waals surface area (Å²) in [6, 6.07) is 13.9. The average Bonchev–Trinajstić information content (AvgIpc) is 3.34. The number of carbonyl (C=O) groups excluding carboxylic acids is 4. The minimum absolute atomic E-state index is 0.0420. The van der Waals surface area contributed by atoms with Gasteiger partial charge in [-0.2, -0.15) is 0 Å². The van der Waals surface area contributed by atoms with Crippen molar-refractivity contribution in [1.29, 1.82) is 0 Å². The first-order valence-corrected chi connectivity index (χ1v) is 14.4. The molecule has 0 aromatic heterocycles. The molecule has 1 saturated carbocycles. The maximum atomic E-state index is 13.8. The van der Waals surface area contributed by atoms with Crippen LogP contribution in [0.4, 0.5) is 5.69 Å². The Morgan fingerprint density at radius 2 is 1.77 bits per heavy atom. The highest BCUT2D eigenvalue weighted by Crippen LogP contribution is 2.44. The number of halogens is 1. The van der Waals surface area contributed by atoms with Gasteiger partial charge in [0.05, 0.1) is 11.3 Å². The third-order valence-electron chi connectivity index (χ3n) is 7.79. The summed E-state index contributed by atoms with van der Waals surface area (Å²) in [6.45, 7) is 3.75. The van der Waals surface area contributed by atoms with E-state index in [0.717, 1.165) is 29.7 Å². The van der Waals surface area contributed by atoms with Crippen LogP contribution < -0.4 is 16.0 Å². The number of rotatable bonds is 10. The summed E-state index contributed by atoms with van der Waals surface area (Å²) in [7, 11) is 0. The normalized spacial score (nSPS) is 18.7. The van der Waals surface area contributed by atoms with Gasteiger partial charge in [-0.1, -0.05) is 54.8 Å². The third kappa shape index (κ3) is 7.62. The zero-order valence-corrected chi connectivity index (χ0v) is 23.9. The molecule has 0 bridgehead atoms. The summed E-state index contributed by atoms with van der Waals surface area (Å²) in [4.78, 5) is 52.9. The molecule has 1 aliphatic heterocycles. The number of benzene rings is 2. The van der Waals surface area contributed by atoms with Crippen molar-refractivity contribution in [3.05, 3.63) is 64.7 Å². The first-order valence-electron chi connectivity index (χ1n) is 14.1. The van der Waals surface area contributed by atoms with Crippen LogP contribution in [0.15, 0.2) is 48.5 Å². The Morgan fingerprint density at radius 3 is 2.48 bits per heavy atom. The molecule has 2 aliphatic rings. The molecule has 0 saturated heterocycles. The number of nitrogens with one attached hydrogen (secondary N) is 3. The number of fused-ring (bicyclic) bond motifs is 1. The summed E-state index contributed by atoms with van der Waals surface area (Å²) in [6.07, 6.45) is 4.07. The van der Waals surface area contributed by atoms with Crippen LogP contribution in [0.1, 0.15) is 69.9 Å². The van der Waals surface area contributed by atoms with E-state index in [2.05, 4.69) is 16.0 Å². The van der Waals surface area contributed by atoms with Gasteiger partial charge in [-0.25, -0.2) is 0 Å². The molecule has 4 rings (SSSR count). The lowest BCUT2D eigenvalue weighted by molar-refractivity contribution is -0.154. The number of carbonyl (C=O) groups is 4. The van der Waals surface area contributed by atoms with Gasteiger partial charge >= 0.3 is 5.97 Å². The number of para-hydroxylation sites is 1. The second kappa shape index (κ2) is 13.3. The van der Waals surface area contributed by atoms with E-state index in [-0.39, 0.29) is 43.2 Å². The van der Waals surface area contributed by atoms with E-state index in [1.54, 1.807) is 24.3 Å². The Hall–Kier alpha value is -3.39. The van der Waals surface area contributed by atoms with Gasteiger partial charge in [0, 0.05) is 23.2 Å². The van der Waals surface area contributed by atoms with Gasteiger partial charge in [-0.3, -0.25) is 19.2 Å². The Balaban J connectivity index is 1.48. The monoisotopic (exact) mass is 567 g/mol. The minimum Gasteiger partial charge on any atom is -0.461 e. The van der Waals surface area contributed by atoms with Gasteiger partial charge in [0.2, 0.25) is 17.7 Å². The molecule has 8 nitrogen and oxygen atoms in total. The zero-order valence-electron chi connectivity index (χ0n) is 23.1. The van der Waals surface area contributed by atoms with Gasteiger partial charge in [0.15, 0.2) is 0 Å². The van der Waals surface area contributed by atoms with Crippen molar-refractivity contribution in [2.45, 2.75) is 83.9 Å². The van der Waals surface area contributed by atoms with Crippen LogP contribution >= 0.6 is 11.6 Å². The van der Waals surface area contributed by atoms with Crippen LogP contribution in [-0.4, -0.2) is 35.8 Å². The molecule has 2 atom stereocenters. The van der Waals surface area contributed by atoms with Gasteiger partial charge < -0.3 is 20.7 Å². The quantitative estimate of drug-likeness (QED) is 0.352. The smallest absolute Gasteiger partial charge is 0.309 e. The van der Waals surface area contributed by atoms with Crippen molar-refractivity contribution in [1.82, 2.24) is 10.6 Å². The van der Waals surface area contributed by atoms with Crippen molar-refractivity contribution in [3.63, 3.8) is 0 Å². The first-order chi connectivity index (χ1) is 19.1. The highest BCUT2D eigenvalue weighted by molar-refractivity contribution is 6.30. The zero-order chi connectivity index (χ0) is 28.7. The Labute approximate surface area is 240 Å². The molecule has 3 amide bonds. The predicted molar refractivity (Wildman–Crippen MR) is 153 cm³/mol. The summed E-state index contributed by atoms with van der Waals surface area (Å²) < 4.78 is 5.63. The molecule has 9 heteroatoms. The summed E-state index contributed by atoms with van der Waals surface area (Å²) >= 11 is 5.96. The van der Waals surface area contributed by atoms with E-state index >= 15 is 0 Å². The largest absolute Gasteiger partial charge is 0.461 e. The average molecular weight is 568 g/mol. The first kappa shape index (κ1) is 29.6. The summed E-state index contributed by atoms with van der Waals surface area (Å²) in [5.41, 5.74) is 1.71. The lowest BCUT2D eigenvalue weighted by Crippen LogP contribution is -2.50. The van der Waals surface area contributed by atoms with Crippen molar-refractivity contribution >= 4 is 41.0 Å². The predicted octanol–water partition coefficient (Wildman–Crippen LogP) is 4.93. The lowest BCUT2D eigenvalue weighted by atomic mass is 9.75. The second-order valence-electron chi connectivity index (χ2n) is 11.3. The van der Waals surface area contributed by atoms with Crippen LogP contribution in [0, 0.1) is 11.3 Å². The molecular weight excluding hydrogens is 530 g/mol. The van der Waals surface area contributed by atoms with E-state index in [9.17, 15) is 19.2 Å². The molecule has 2 aromatic carbocycles. The fourth-order valence-corrected chi connectivity index (χ4v) is 5.83. The van der Waals surface area contributed by atoms with Crippen LogP contribution in [0.2, 0.25) is 5.02 Å². The SMILES string of the molecule is CC(C)NC(=O)CC(CC1(C(=O)N[C@H]2CCc3ccccc3NC2=O)CCCC1)C(=O)OCc1ccc(Cl)cc1. The molecule has 40 heavy (non-hydrogen) atoms. The fraction of sp³-hybridized carbons (Fsp3) is 0.484. The molecule has 214 valence electrons. The van der Waals surface area contributed by atoms with Crippen molar-refractivity contribution in [2.24, 2.45) is 11.3 Å². The van der Waals surface area contributed by atoms with E-state index in [1.807, 2.05) is 38.1 Å². The van der Waals surface area contributed by atoms with Crippen molar-refractivity contribution in [3.8, 4) is 0 Å². The number of hydrogen-bond acceptors (Lipinski definition) is 5. The summed E-state index contributed by atoms with van der Waals surface area (Å²) in [5, 5.41) is 9.36. The van der Waals surface area contributed by atoms with E-state index in [4.69, 9.17) is 16.3 Å². The molecule has 1 aliphatic carbocycles. The number of ether oxygens (including phenoxy) is 1. The van der Waals surface area contributed by atoms with Gasteiger partial charge in [-0.05, 0) is 75.3 Å². The number of aryl methyl sites for hydroxylation is 1. The molecule has 3 N–H and O–H groups in total. The Bertz CT molecular complexity index is 1220. The van der Waals surface area contributed by atoms with E-state index in [0.29, 0.717) is 30.7 Å². The number of hydrogen-bond donors (Lipinski definition) is 3. The highest BCUT2D eigenvalue weighted by Gasteiger charge is 2.46. The van der Waals surface area contributed by atoms with E-state index in [1.165, 1.54) is 0 Å². The lowest BCUT2D eigenvalue weighted by Gasteiger charge is -2.32. The van der Waals surface area contributed by atoms with Crippen LogP contribution in [0.25, 0.3) is 0 Å². The molecule has 2 aromatic rings. The molecule has 1 heterocycles. The maximum Gasteiger partial charge on any atom is 0.309 e.